The highest BCUT2D eigenvalue weighted by atomic mass is 32.3. The second-order valence-corrected chi connectivity index (χ2v) is 6.70. The highest BCUT2D eigenvalue weighted by molar-refractivity contribution is 8.20. The average Bonchev–Trinajstić information content (AvgIpc) is 2.28. The number of hydrogen-bond donors (Lipinski definition) is 2. The fraction of sp³-hybridized carbons (Fsp3) is 0.889. The van der Waals surface area contributed by atoms with Crippen LogP contribution in [0.4, 0.5) is 4.79 Å². The van der Waals surface area contributed by atoms with Crippen LogP contribution in [0.25, 0.3) is 0 Å². The maximum absolute atomic E-state index is 11.3. The molecule has 0 bridgehead atoms. The number of ether oxygens (including phenoxy) is 2. The van der Waals surface area contributed by atoms with Crippen LogP contribution in [0, 0.1) is 0 Å². The van der Waals surface area contributed by atoms with Crippen molar-refractivity contribution in [2.24, 2.45) is 0 Å². The van der Waals surface area contributed by atoms with Crippen molar-refractivity contribution in [3.8, 4) is 0 Å². The molecule has 0 radical (unpaired) electrons. The van der Waals surface area contributed by atoms with Crippen molar-refractivity contribution in [2.75, 3.05) is 6.61 Å². The van der Waals surface area contributed by atoms with E-state index in [2.05, 4.69) is 0 Å². The Bertz CT molecular complexity index is 272. The van der Waals surface area contributed by atoms with Gasteiger partial charge in [0.15, 0.2) is 0 Å². The van der Waals surface area contributed by atoms with Crippen LogP contribution in [-0.4, -0.2) is 38.8 Å². The summed E-state index contributed by atoms with van der Waals surface area (Å²) in [7, 11) is -3.10. The third-order valence-corrected chi connectivity index (χ3v) is 3.81. The zero-order chi connectivity index (χ0) is 12.6. The molecule has 7 heteroatoms. The second-order valence-electron chi connectivity index (χ2n) is 4.65. The Morgan fingerprint density at radius 3 is 2.38 bits per heavy atom. The Morgan fingerprint density at radius 1 is 1.44 bits per heavy atom. The van der Waals surface area contributed by atoms with Gasteiger partial charge >= 0.3 is 6.16 Å². The zero-order valence-electron chi connectivity index (χ0n) is 9.80. The average molecular weight is 254 g/mol. The van der Waals surface area contributed by atoms with E-state index < -0.39 is 34.0 Å². The molecule has 0 spiro atoms. The van der Waals surface area contributed by atoms with E-state index >= 15 is 0 Å². The van der Waals surface area contributed by atoms with E-state index in [1.165, 1.54) is 0 Å². The summed E-state index contributed by atoms with van der Waals surface area (Å²) in [4.78, 5) is 11.3. The molecule has 0 aromatic carbocycles. The van der Waals surface area contributed by atoms with Gasteiger partial charge in [-0.2, -0.15) is 0 Å². The van der Waals surface area contributed by atoms with E-state index in [4.69, 9.17) is 13.7 Å². The summed E-state index contributed by atoms with van der Waals surface area (Å²) in [5, 5.41) is -0.639. The Labute approximate surface area is 96.4 Å². The Balaban J connectivity index is 2.48. The summed E-state index contributed by atoms with van der Waals surface area (Å²) in [5.41, 5.74) is -0.637. The lowest BCUT2D eigenvalue weighted by molar-refractivity contribution is -0.0293. The van der Waals surface area contributed by atoms with E-state index in [0.717, 1.165) is 0 Å². The molecule has 2 atom stereocenters. The van der Waals surface area contributed by atoms with E-state index in [0.29, 0.717) is 0 Å². The summed E-state index contributed by atoms with van der Waals surface area (Å²) in [5.74, 6) is 0. The molecule has 2 unspecified atom stereocenters. The number of carbonyl (C=O) groups excluding carboxylic acids is 1. The number of hydrogen-bond acceptors (Lipinski definition) is 6. The van der Waals surface area contributed by atoms with Gasteiger partial charge in [0, 0.05) is 0 Å². The predicted octanol–water partition coefficient (Wildman–Crippen LogP) is 2.39. The first-order valence-electron chi connectivity index (χ1n) is 4.93. The molecule has 6 nitrogen and oxygen atoms in total. The molecule has 0 aliphatic carbocycles. The summed E-state index contributed by atoms with van der Waals surface area (Å²) >= 11 is 0. The standard InChI is InChI=1S/C9H18O6S/c1-6-7(5-13-16(6,11)12)14-8(10)15-9(2,3)4/h6-7,11-12H,5H2,1-4H3. The topological polar surface area (TPSA) is 85.2 Å². The highest BCUT2D eigenvalue weighted by Crippen LogP contribution is 2.52. The second kappa shape index (κ2) is 4.40. The van der Waals surface area contributed by atoms with Gasteiger partial charge in [-0.25, -0.2) is 4.79 Å². The lowest BCUT2D eigenvalue weighted by atomic mass is 10.2. The lowest BCUT2D eigenvalue weighted by Crippen LogP contribution is -2.32. The molecule has 1 fully saturated rings. The van der Waals surface area contributed by atoms with Gasteiger partial charge < -0.3 is 18.6 Å². The van der Waals surface area contributed by atoms with Crippen molar-refractivity contribution >= 4 is 17.0 Å². The third kappa shape index (κ3) is 3.51. The molecule has 0 aromatic heterocycles. The molecule has 1 aliphatic rings. The summed E-state index contributed by atoms with van der Waals surface area (Å²) < 4.78 is 33.4. The van der Waals surface area contributed by atoms with Gasteiger partial charge in [0.1, 0.15) is 18.3 Å². The monoisotopic (exact) mass is 254 g/mol. The Morgan fingerprint density at radius 2 is 2.00 bits per heavy atom. The van der Waals surface area contributed by atoms with Gasteiger partial charge in [0.05, 0.1) is 16.1 Å². The maximum atomic E-state index is 11.3. The molecular weight excluding hydrogens is 236 g/mol. The summed E-state index contributed by atoms with van der Waals surface area (Å²) in [6, 6.07) is 0. The van der Waals surface area contributed by atoms with Crippen LogP contribution in [0.3, 0.4) is 0 Å². The van der Waals surface area contributed by atoms with Crippen molar-refractivity contribution in [2.45, 2.75) is 44.6 Å². The van der Waals surface area contributed by atoms with Crippen molar-refractivity contribution in [3.63, 3.8) is 0 Å². The van der Waals surface area contributed by atoms with Crippen molar-refractivity contribution < 1.29 is 27.6 Å². The van der Waals surface area contributed by atoms with E-state index in [1.807, 2.05) is 0 Å². The summed E-state index contributed by atoms with van der Waals surface area (Å²) in [6.07, 6.45) is -1.51. The number of rotatable bonds is 1. The molecule has 0 aromatic rings. The zero-order valence-corrected chi connectivity index (χ0v) is 10.6. The molecule has 1 heterocycles. The van der Waals surface area contributed by atoms with Crippen LogP contribution in [-0.2, 0) is 13.7 Å². The Kier molecular flexibility index (Phi) is 3.73. The van der Waals surface area contributed by atoms with Crippen LogP contribution in [0.1, 0.15) is 27.7 Å². The first-order valence-corrected chi connectivity index (χ1v) is 6.46. The van der Waals surface area contributed by atoms with Gasteiger partial charge in [-0.05, 0) is 27.7 Å². The predicted molar refractivity (Wildman–Crippen MR) is 59.4 cm³/mol. The fourth-order valence-electron chi connectivity index (χ4n) is 1.14. The summed E-state index contributed by atoms with van der Waals surface area (Å²) in [6.45, 7) is 6.68. The molecule has 2 N–H and O–H groups in total. The van der Waals surface area contributed by atoms with Crippen LogP contribution >= 0.6 is 10.9 Å². The minimum absolute atomic E-state index is 0.0251. The SMILES string of the molecule is CC1C(OC(=O)OC(C)(C)C)COS1(O)O. The first-order chi connectivity index (χ1) is 7.12. The quantitative estimate of drug-likeness (QED) is 0.699. The molecule has 1 aliphatic heterocycles. The van der Waals surface area contributed by atoms with Gasteiger partial charge in [0.25, 0.3) is 0 Å². The van der Waals surface area contributed by atoms with Crippen LogP contribution in [0.15, 0.2) is 0 Å². The van der Waals surface area contributed by atoms with Gasteiger partial charge in [-0.15, -0.1) is 0 Å². The number of carbonyl (C=O) groups is 1. The van der Waals surface area contributed by atoms with E-state index in [-0.39, 0.29) is 6.61 Å². The largest absolute Gasteiger partial charge is 0.509 e. The Hall–Kier alpha value is -0.500. The van der Waals surface area contributed by atoms with Crippen molar-refractivity contribution in [3.05, 3.63) is 0 Å². The maximum Gasteiger partial charge on any atom is 0.509 e. The molecule has 96 valence electrons. The van der Waals surface area contributed by atoms with Crippen LogP contribution in [0.5, 0.6) is 0 Å². The molecule has 0 saturated carbocycles. The van der Waals surface area contributed by atoms with E-state index in [9.17, 15) is 13.9 Å². The third-order valence-electron chi connectivity index (χ3n) is 2.05. The molecule has 1 saturated heterocycles. The molecule has 1 rings (SSSR count). The minimum atomic E-state index is -3.10. The molecule has 0 amide bonds. The normalized spacial score (nSPS) is 30.9. The van der Waals surface area contributed by atoms with Crippen LogP contribution < -0.4 is 0 Å². The van der Waals surface area contributed by atoms with Crippen molar-refractivity contribution in [1.29, 1.82) is 0 Å². The van der Waals surface area contributed by atoms with Crippen LogP contribution in [0.2, 0.25) is 0 Å². The smallest absolute Gasteiger partial charge is 0.429 e. The minimum Gasteiger partial charge on any atom is -0.429 e. The van der Waals surface area contributed by atoms with Gasteiger partial charge in [0.2, 0.25) is 0 Å². The molecular formula is C9H18O6S. The highest BCUT2D eigenvalue weighted by Gasteiger charge is 2.44. The van der Waals surface area contributed by atoms with E-state index in [1.54, 1.807) is 27.7 Å². The lowest BCUT2D eigenvalue weighted by Gasteiger charge is -2.26. The first kappa shape index (κ1) is 13.6. The molecule has 16 heavy (non-hydrogen) atoms. The van der Waals surface area contributed by atoms with Gasteiger partial charge in [-0.3, -0.25) is 4.18 Å². The van der Waals surface area contributed by atoms with Crippen molar-refractivity contribution in [1.82, 2.24) is 0 Å². The fourth-order valence-corrected chi connectivity index (χ4v) is 2.21. The van der Waals surface area contributed by atoms with Gasteiger partial charge in [-0.1, -0.05) is 0 Å².